The highest BCUT2D eigenvalue weighted by Gasteiger charge is 2.30. The number of halogens is 2. The first-order chi connectivity index (χ1) is 11.1. The van der Waals surface area contributed by atoms with Gasteiger partial charge in [-0.1, -0.05) is 13.3 Å². The SMILES string of the molecule is CCCCN1Cn2c(-c3ccc(OC(F)F)cc3)cnc2C1=O. The number of nitrogens with zero attached hydrogens (tertiary/aromatic N) is 3. The Morgan fingerprint density at radius 3 is 2.70 bits per heavy atom. The molecular formula is C16H17F2N3O2. The zero-order valence-electron chi connectivity index (χ0n) is 12.7. The molecule has 1 aromatic heterocycles. The predicted octanol–water partition coefficient (Wildman–Crippen LogP) is 3.36. The topological polar surface area (TPSA) is 47.4 Å². The van der Waals surface area contributed by atoms with Crippen molar-refractivity contribution in [2.24, 2.45) is 0 Å². The van der Waals surface area contributed by atoms with Crippen molar-refractivity contribution in [2.45, 2.75) is 33.0 Å². The van der Waals surface area contributed by atoms with Gasteiger partial charge in [-0.3, -0.25) is 4.79 Å². The Morgan fingerprint density at radius 1 is 1.30 bits per heavy atom. The van der Waals surface area contributed by atoms with E-state index < -0.39 is 6.61 Å². The van der Waals surface area contributed by atoms with E-state index in [4.69, 9.17) is 0 Å². The van der Waals surface area contributed by atoms with Gasteiger partial charge in [0.2, 0.25) is 5.82 Å². The molecule has 0 bridgehead atoms. The normalized spacial score (nSPS) is 13.7. The molecule has 1 amide bonds. The third kappa shape index (κ3) is 3.04. The fraction of sp³-hybridized carbons (Fsp3) is 0.375. The number of carbonyl (C=O) groups excluding carboxylic acids is 1. The Kier molecular flexibility index (Phi) is 4.27. The van der Waals surface area contributed by atoms with E-state index in [9.17, 15) is 13.6 Å². The first kappa shape index (κ1) is 15.5. The highest BCUT2D eigenvalue weighted by atomic mass is 19.3. The first-order valence-corrected chi connectivity index (χ1v) is 7.50. The van der Waals surface area contributed by atoms with E-state index in [-0.39, 0.29) is 11.7 Å². The first-order valence-electron chi connectivity index (χ1n) is 7.50. The Morgan fingerprint density at radius 2 is 2.04 bits per heavy atom. The molecule has 1 aliphatic heterocycles. The van der Waals surface area contributed by atoms with Crippen LogP contribution >= 0.6 is 0 Å². The number of amides is 1. The Balaban J connectivity index is 1.81. The molecule has 0 N–H and O–H groups in total. The third-order valence-electron chi connectivity index (χ3n) is 3.80. The molecule has 2 aromatic rings. The number of alkyl halides is 2. The quantitative estimate of drug-likeness (QED) is 0.819. The zero-order chi connectivity index (χ0) is 16.4. The minimum absolute atomic E-state index is 0.0673. The lowest BCUT2D eigenvalue weighted by atomic mass is 10.1. The molecule has 0 saturated carbocycles. The average molecular weight is 321 g/mol. The van der Waals surface area contributed by atoms with Gasteiger partial charge >= 0.3 is 6.61 Å². The molecule has 5 nitrogen and oxygen atoms in total. The molecule has 122 valence electrons. The van der Waals surface area contributed by atoms with Crippen LogP contribution in [0.5, 0.6) is 5.75 Å². The van der Waals surface area contributed by atoms with Crippen molar-refractivity contribution >= 4 is 5.91 Å². The number of imidazole rings is 1. The van der Waals surface area contributed by atoms with Crippen molar-refractivity contribution < 1.29 is 18.3 Å². The number of carbonyl (C=O) groups is 1. The number of hydrogen-bond donors (Lipinski definition) is 0. The van der Waals surface area contributed by atoms with Crippen LogP contribution in [0.2, 0.25) is 0 Å². The van der Waals surface area contributed by atoms with Crippen molar-refractivity contribution in [2.75, 3.05) is 6.54 Å². The van der Waals surface area contributed by atoms with Gasteiger partial charge in [0.05, 0.1) is 18.6 Å². The molecule has 0 saturated heterocycles. The molecular weight excluding hydrogens is 304 g/mol. The van der Waals surface area contributed by atoms with Crippen LogP contribution in [0.15, 0.2) is 30.5 Å². The molecule has 0 fully saturated rings. The Hall–Kier alpha value is -2.44. The van der Waals surface area contributed by atoms with Gasteiger partial charge in [0.15, 0.2) is 0 Å². The smallest absolute Gasteiger partial charge is 0.387 e. The van der Waals surface area contributed by atoms with Crippen LogP contribution in [0.3, 0.4) is 0 Å². The molecule has 23 heavy (non-hydrogen) atoms. The van der Waals surface area contributed by atoms with Gasteiger partial charge in [0.25, 0.3) is 5.91 Å². The zero-order valence-corrected chi connectivity index (χ0v) is 12.7. The van der Waals surface area contributed by atoms with E-state index in [0.29, 0.717) is 19.0 Å². The van der Waals surface area contributed by atoms with E-state index in [1.165, 1.54) is 12.1 Å². The second kappa shape index (κ2) is 6.36. The molecule has 7 heteroatoms. The fourth-order valence-corrected chi connectivity index (χ4v) is 2.62. The number of unbranched alkanes of at least 4 members (excludes halogenated alkanes) is 1. The van der Waals surface area contributed by atoms with Crippen LogP contribution in [0, 0.1) is 0 Å². The summed E-state index contributed by atoms with van der Waals surface area (Å²) in [5, 5.41) is 0. The van der Waals surface area contributed by atoms with Gasteiger partial charge in [-0.15, -0.1) is 0 Å². The van der Waals surface area contributed by atoms with Crippen LogP contribution in [0.25, 0.3) is 11.3 Å². The maximum Gasteiger partial charge on any atom is 0.387 e. The lowest BCUT2D eigenvalue weighted by Gasteiger charge is -2.15. The average Bonchev–Trinajstić information content (AvgIpc) is 3.06. The number of rotatable bonds is 6. The second-order valence-electron chi connectivity index (χ2n) is 5.36. The van der Waals surface area contributed by atoms with Crippen molar-refractivity contribution in [3.8, 4) is 17.0 Å². The van der Waals surface area contributed by atoms with Crippen LogP contribution in [-0.2, 0) is 6.67 Å². The molecule has 0 radical (unpaired) electrons. The van der Waals surface area contributed by atoms with Crippen LogP contribution < -0.4 is 4.74 Å². The standard InChI is InChI=1S/C16H17F2N3O2/c1-2-3-8-20-10-21-13(9-19-14(21)15(20)22)11-4-6-12(7-5-11)23-16(17)18/h4-7,9,16H,2-3,8,10H2,1H3. The lowest BCUT2D eigenvalue weighted by Crippen LogP contribution is -2.25. The summed E-state index contributed by atoms with van der Waals surface area (Å²) in [6.07, 6.45) is 3.60. The Labute approximate surface area is 132 Å². The number of aromatic nitrogens is 2. The monoisotopic (exact) mass is 321 g/mol. The van der Waals surface area contributed by atoms with Crippen LogP contribution in [0.1, 0.15) is 30.4 Å². The van der Waals surface area contributed by atoms with E-state index in [1.807, 2.05) is 4.57 Å². The minimum Gasteiger partial charge on any atom is -0.435 e. The van der Waals surface area contributed by atoms with Gasteiger partial charge in [0, 0.05) is 12.1 Å². The predicted molar refractivity (Wildman–Crippen MR) is 80.2 cm³/mol. The van der Waals surface area contributed by atoms with Gasteiger partial charge < -0.3 is 14.2 Å². The summed E-state index contributed by atoms with van der Waals surface area (Å²) < 4.78 is 30.6. The van der Waals surface area contributed by atoms with Crippen LogP contribution in [-0.4, -0.2) is 33.5 Å². The lowest BCUT2D eigenvalue weighted by molar-refractivity contribution is -0.0498. The van der Waals surface area contributed by atoms with Crippen LogP contribution in [0.4, 0.5) is 8.78 Å². The Bertz CT molecular complexity index is 698. The maximum absolute atomic E-state index is 12.3. The highest BCUT2D eigenvalue weighted by Crippen LogP contribution is 2.28. The number of hydrogen-bond acceptors (Lipinski definition) is 3. The highest BCUT2D eigenvalue weighted by molar-refractivity contribution is 5.93. The number of fused-ring (bicyclic) bond motifs is 1. The summed E-state index contributed by atoms with van der Waals surface area (Å²) in [6, 6.07) is 6.32. The molecule has 0 spiro atoms. The molecule has 1 aromatic carbocycles. The van der Waals surface area contributed by atoms with Crippen molar-refractivity contribution in [3.63, 3.8) is 0 Å². The number of ether oxygens (including phenoxy) is 1. The van der Waals surface area contributed by atoms with E-state index >= 15 is 0 Å². The largest absolute Gasteiger partial charge is 0.435 e. The number of benzene rings is 1. The molecule has 0 aliphatic carbocycles. The maximum atomic E-state index is 12.3. The minimum atomic E-state index is -2.84. The summed E-state index contributed by atoms with van der Waals surface area (Å²) >= 11 is 0. The van der Waals surface area contributed by atoms with E-state index in [2.05, 4.69) is 16.6 Å². The molecule has 2 heterocycles. The van der Waals surface area contributed by atoms with E-state index in [0.717, 1.165) is 24.1 Å². The van der Waals surface area contributed by atoms with Gasteiger partial charge in [0.1, 0.15) is 5.75 Å². The molecule has 0 unspecified atom stereocenters. The summed E-state index contributed by atoms with van der Waals surface area (Å²) in [4.78, 5) is 18.2. The summed E-state index contributed by atoms with van der Waals surface area (Å²) in [7, 11) is 0. The third-order valence-corrected chi connectivity index (χ3v) is 3.80. The summed E-state index contributed by atoms with van der Waals surface area (Å²) in [5.41, 5.74) is 1.59. The molecule has 3 rings (SSSR count). The summed E-state index contributed by atoms with van der Waals surface area (Å²) in [6.45, 7) is 0.413. The van der Waals surface area contributed by atoms with Crippen molar-refractivity contribution in [3.05, 3.63) is 36.3 Å². The van der Waals surface area contributed by atoms with E-state index in [1.54, 1.807) is 23.2 Å². The molecule has 1 aliphatic rings. The van der Waals surface area contributed by atoms with Crippen molar-refractivity contribution in [1.29, 1.82) is 0 Å². The summed E-state index contributed by atoms with van der Waals surface area (Å²) in [5.74, 6) is 0.455. The second-order valence-corrected chi connectivity index (χ2v) is 5.36. The molecule has 0 atom stereocenters. The fourth-order valence-electron chi connectivity index (χ4n) is 2.62. The van der Waals surface area contributed by atoms with Gasteiger partial charge in [-0.2, -0.15) is 8.78 Å². The van der Waals surface area contributed by atoms with Gasteiger partial charge in [-0.05, 0) is 30.7 Å². The van der Waals surface area contributed by atoms with Crippen molar-refractivity contribution in [1.82, 2.24) is 14.5 Å². The van der Waals surface area contributed by atoms with Gasteiger partial charge in [-0.25, -0.2) is 4.98 Å².